The molecule has 0 saturated heterocycles. The van der Waals surface area contributed by atoms with Crippen molar-refractivity contribution >= 4 is 22.9 Å². The van der Waals surface area contributed by atoms with E-state index in [1.165, 1.54) is 15.3 Å². The first kappa shape index (κ1) is 10.7. The number of nitrogens with one attached hydrogen (secondary N) is 1. The van der Waals surface area contributed by atoms with Crippen LogP contribution in [0.3, 0.4) is 0 Å². The van der Waals surface area contributed by atoms with Crippen LogP contribution in [-0.4, -0.2) is 9.97 Å². The second-order valence-electron chi connectivity index (χ2n) is 3.60. The molecule has 0 spiro atoms. The zero-order chi connectivity index (χ0) is 10.8. The average Bonchev–Trinajstić information content (AvgIpc) is 2.78. The summed E-state index contributed by atoms with van der Waals surface area (Å²) in [5.74, 6) is 0.943. The van der Waals surface area contributed by atoms with E-state index in [1.807, 2.05) is 6.20 Å². The summed E-state index contributed by atoms with van der Waals surface area (Å²) >= 11 is 8.10. The lowest BCUT2D eigenvalue weighted by Crippen LogP contribution is -1.95. The van der Waals surface area contributed by atoms with E-state index in [2.05, 4.69) is 29.9 Å². The Bertz CT molecular complexity index is 414. The third-order valence-corrected chi connectivity index (χ3v) is 4.21. The normalized spacial score (nSPS) is 13.0. The quantitative estimate of drug-likeness (QED) is 0.816. The first-order valence-electron chi connectivity index (χ1n) is 4.86. The Hall–Kier alpha value is -0.800. The molecule has 0 aliphatic carbocycles. The molecule has 1 N–H and O–H groups in total. The summed E-state index contributed by atoms with van der Waals surface area (Å²) in [7, 11) is 0. The van der Waals surface area contributed by atoms with Crippen molar-refractivity contribution in [3.8, 4) is 0 Å². The molecule has 2 aromatic rings. The van der Waals surface area contributed by atoms with E-state index >= 15 is 0 Å². The summed E-state index contributed by atoms with van der Waals surface area (Å²) in [6.45, 7) is 4.24. The van der Waals surface area contributed by atoms with Crippen LogP contribution >= 0.6 is 22.9 Å². The van der Waals surface area contributed by atoms with Crippen molar-refractivity contribution in [3.63, 3.8) is 0 Å². The smallest absolute Gasteiger partial charge is 0.107 e. The lowest BCUT2D eigenvalue weighted by molar-refractivity contribution is 0.867. The van der Waals surface area contributed by atoms with Gasteiger partial charge in [0, 0.05) is 28.6 Å². The summed E-state index contributed by atoms with van der Waals surface area (Å²) in [4.78, 5) is 9.81. The highest BCUT2D eigenvalue weighted by molar-refractivity contribution is 7.12. The number of aromatic amines is 1. The van der Waals surface area contributed by atoms with Crippen LogP contribution in [0.1, 0.15) is 26.5 Å². The number of H-pyrrole nitrogens is 1. The Labute approximate surface area is 98.3 Å². The van der Waals surface area contributed by atoms with Crippen molar-refractivity contribution in [1.82, 2.24) is 9.97 Å². The Balaban J connectivity index is 2.11. The second kappa shape index (κ2) is 4.37. The van der Waals surface area contributed by atoms with Gasteiger partial charge in [-0.25, -0.2) is 4.98 Å². The molecule has 0 radical (unpaired) electrons. The predicted molar refractivity (Wildman–Crippen MR) is 64.7 cm³/mol. The van der Waals surface area contributed by atoms with Crippen molar-refractivity contribution < 1.29 is 0 Å². The second-order valence-corrected chi connectivity index (χ2v) is 5.41. The van der Waals surface area contributed by atoms with Crippen LogP contribution in [-0.2, 0) is 6.42 Å². The molecule has 15 heavy (non-hydrogen) atoms. The van der Waals surface area contributed by atoms with Crippen LogP contribution in [0.25, 0.3) is 0 Å². The molecule has 0 aromatic carbocycles. The van der Waals surface area contributed by atoms with Crippen LogP contribution in [0.5, 0.6) is 0 Å². The van der Waals surface area contributed by atoms with E-state index in [4.69, 9.17) is 11.6 Å². The van der Waals surface area contributed by atoms with Crippen molar-refractivity contribution in [2.24, 2.45) is 0 Å². The van der Waals surface area contributed by atoms with E-state index in [0.717, 1.165) is 12.2 Å². The molecule has 1 atom stereocenters. The predicted octanol–water partition coefficient (Wildman–Crippen LogP) is 3.61. The monoisotopic (exact) mass is 240 g/mol. The highest BCUT2D eigenvalue weighted by Crippen LogP contribution is 2.32. The van der Waals surface area contributed by atoms with E-state index in [1.54, 1.807) is 17.5 Å². The van der Waals surface area contributed by atoms with E-state index in [-0.39, 0.29) is 5.38 Å². The van der Waals surface area contributed by atoms with Gasteiger partial charge in [-0.2, -0.15) is 0 Å². The molecule has 0 aliphatic heterocycles. The number of aromatic nitrogens is 2. The molecule has 2 aromatic heterocycles. The number of aryl methyl sites for hydroxylation is 2. The summed E-state index contributed by atoms with van der Waals surface area (Å²) in [6.07, 6.45) is 4.33. The number of rotatable bonds is 3. The number of nitrogens with zero attached hydrogens (tertiary/aromatic N) is 1. The van der Waals surface area contributed by atoms with Gasteiger partial charge in [0.1, 0.15) is 5.82 Å². The number of halogens is 1. The lowest BCUT2D eigenvalue weighted by Gasteiger charge is -2.03. The Morgan fingerprint density at radius 3 is 2.87 bits per heavy atom. The van der Waals surface area contributed by atoms with Gasteiger partial charge in [0.25, 0.3) is 0 Å². The minimum atomic E-state index is 0.0218. The maximum Gasteiger partial charge on any atom is 0.107 e. The topological polar surface area (TPSA) is 28.7 Å². The number of alkyl halides is 1. The summed E-state index contributed by atoms with van der Waals surface area (Å²) in [5, 5.41) is 0.0218. The SMILES string of the molecule is Cc1cc(C(Cl)Cc2ncc[nH]2)sc1C. The molecule has 1 unspecified atom stereocenters. The molecular weight excluding hydrogens is 228 g/mol. The average molecular weight is 241 g/mol. The van der Waals surface area contributed by atoms with Gasteiger partial charge < -0.3 is 4.98 Å². The molecule has 2 nitrogen and oxygen atoms in total. The van der Waals surface area contributed by atoms with Gasteiger partial charge in [-0.05, 0) is 25.5 Å². The Morgan fingerprint density at radius 1 is 1.53 bits per heavy atom. The summed E-state index contributed by atoms with van der Waals surface area (Å²) in [6, 6.07) is 2.17. The van der Waals surface area contributed by atoms with Gasteiger partial charge in [0.05, 0.1) is 5.38 Å². The molecule has 0 saturated carbocycles. The fraction of sp³-hybridized carbons (Fsp3) is 0.364. The molecule has 0 aliphatic rings. The van der Waals surface area contributed by atoms with Crippen molar-refractivity contribution in [2.45, 2.75) is 25.6 Å². The number of hydrogen-bond acceptors (Lipinski definition) is 2. The van der Waals surface area contributed by atoms with Crippen LogP contribution < -0.4 is 0 Å². The van der Waals surface area contributed by atoms with Crippen LogP contribution in [0.15, 0.2) is 18.5 Å². The minimum absolute atomic E-state index is 0.0218. The van der Waals surface area contributed by atoms with Gasteiger partial charge in [0.15, 0.2) is 0 Å². The minimum Gasteiger partial charge on any atom is -0.349 e. The van der Waals surface area contributed by atoms with E-state index in [0.29, 0.717) is 0 Å². The molecule has 0 fully saturated rings. The fourth-order valence-corrected chi connectivity index (χ4v) is 2.80. The third-order valence-electron chi connectivity index (χ3n) is 2.42. The van der Waals surface area contributed by atoms with E-state index < -0.39 is 0 Å². The van der Waals surface area contributed by atoms with Gasteiger partial charge in [-0.1, -0.05) is 0 Å². The van der Waals surface area contributed by atoms with Crippen molar-refractivity contribution in [1.29, 1.82) is 0 Å². The van der Waals surface area contributed by atoms with Gasteiger partial charge in [-0.15, -0.1) is 22.9 Å². The Kier molecular flexibility index (Phi) is 3.12. The number of hydrogen-bond donors (Lipinski definition) is 1. The molecule has 4 heteroatoms. The zero-order valence-corrected chi connectivity index (χ0v) is 10.3. The highest BCUT2D eigenvalue weighted by Gasteiger charge is 2.13. The molecule has 0 bridgehead atoms. The highest BCUT2D eigenvalue weighted by atomic mass is 35.5. The molecule has 0 amide bonds. The molecule has 2 rings (SSSR count). The van der Waals surface area contributed by atoms with Crippen molar-refractivity contribution in [2.75, 3.05) is 0 Å². The van der Waals surface area contributed by atoms with Gasteiger partial charge in [0.2, 0.25) is 0 Å². The van der Waals surface area contributed by atoms with Gasteiger partial charge in [-0.3, -0.25) is 0 Å². The first-order chi connectivity index (χ1) is 7.16. The summed E-state index contributed by atoms with van der Waals surface area (Å²) < 4.78 is 0. The zero-order valence-electron chi connectivity index (χ0n) is 8.75. The standard InChI is InChI=1S/C11H13ClN2S/c1-7-5-10(15-8(7)2)9(12)6-11-13-3-4-14-11/h3-5,9H,6H2,1-2H3,(H,13,14). The lowest BCUT2D eigenvalue weighted by atomic mass is 10.2. The van der Waals surface area contributed by atoms with Crippen LogP contribution in [0.2, 0.25) is 0 Å². The summed E-state index contributed by atoms with van der Waals surface area (Å²) in [5.41, 5.74) is 1.32. The van der Waals surface area contributed by atoms with Crippen molar-refractivity contribution in [3.05, 3.63) is 39.6 Å². The maximum absolute atomic E-state index is 6.33. The molecular formula is C11H13ClN2S. The molecule has 80 valence electrons. The number of thiophene rings is 1. The van der Waals surface area contributed by atoms with E-state index in [9.17, 15) is 0 Å². The maximum atomic E-state index is 6.33. The first-order valence-corrected chi connectivity index (χ1v) is 6.11. The van der Waals surface area contributed by atoms with Gasteiger partial charge >= 0.3 is 0 Å². The Morgan fingerprint density at radius 2 is 2.33 bits per heavy atom. The third kappa shape index (κ3) is 2.41. The van der Waals surface area contributed by atoms with Crippen LogP contribution in [0, 0.1) is 13.8 Å². The molecule has 2 heterocycles. The number of imidazole rings is 1. The fourth-order valence-electron chi connectivity index (χ4n) is 1.44. The van der Waals surface area contributed by atoms with Crippen LogP contribution in [0.4, 0.5) is 0 Å². The largest absolute Gasteiger partial charge is 0.349 e.